The zero-order valence-electron chi connectivity index (χ0n) is 12.4. The lowest BCUT2D eigenvalue weighted by Crippen LogP contribution is -2.38. The van der Waals surface area contributed by atoms with Gasteiger partial charge in [-0.3, -0.25) is 9.48 Å². The molecule has 1 amide bonds. The lowest BCUT2D eigenvalue weighted by atomic mass is 10.2. The second-order valence-electron chi connectivity index (χ2n) is 5.23. The Balaban J connectivity index is 1.53. The highest BCUT2D eigenvalue weighted by Gasteiger charge is 2.24. The number of hydrogen-bond acceptors (Lipinski definition) is 5. The van der Waals surface area contributed by atoms with Gasteiger partial charge in [0.1, 0.15) is 5.84 Å². The molecule has 0 aromatic carbocycles. The molecule has 0 aliphatic carbocycles. The maximum atomic E-state index is 12.1. The Morgan fingerprint density at radius 2 is 2.22 bits per heavy atom. The number of nitrogens with one attached hydrogen (secondary N) is 1. The van der Waals surface area contributed by atoms with E-state index in [2.05, 4.69) is 14.8 Å². The third-order valence-electron chi connectivity index (χ3n) is 3.49. The second-order valence-corrected chi connectivity index (χ2v) is 6.98. The molecule has 0 unspecified atom stereocenters. The number of hydrogen-bond donors (Lipinski definition) is 1. The van der Waals surface area contributed by atoms with Crippen molar-refractivity contribution >= 4 is 21.8 Å². The molecule has 9 heteroatoms. The van der Waals surface area contributed by atoms with Crippen molar-refractivity contribution in [2.24, 2.45) is 4.40 Å². The molecule has 1 aromatic rings. The van der Waals surface area contributed by atoms with Crippen molar-refractivity contribution in [1.82, 2.24) is 20.0 Å². The van der Waals surface area contributed by atoms with Crippen LogP contribution in [0, 0.1) is 0 Å². The van der Waals surface area contributed by atoms with Gasteiger partial charge in [0.2, 0.25) is 0 Å². The van der Waals surface area contributed by atoms with Crippen molar-refractivity contribution in [3.05, 3.63) is 42.4 Å². The Hall–Kier alpha value is -2.42. The van der Waals surface area contributed by atoms with Gasteiger partial charge in [-0.05, 0) is 24.6 Å². The lowest BCUT2D eigenvalue weighted by Gasteiger charge is -2.26. The Morgan fingerprint density at radius 1 is 1.35 bits per heavy atom. The van der Waals surface area contributed by atoms with Crippen LogP contribution in [-0.4, -0.2) is 53.7 Å². The molecular weight excluding hydrogens is 318 g/mol. The Kier molecular flexibility index (Phi) is 4.28. The van der Waals surface area contributed by atoms with Gasteiger partial charge in [0, 0.05) is 38.2 Å². The number of aromatic nitrogens is 2. The molecule has 0 radical (unpaired) electrons. The number of fused-ring (bicyclic) bond motifs is 1. The van der Waals surface area contributed by atoms with Crippen LogP contribution in [0.5, 0.6) is 0 Å². The number of nitrogens with zero attached hydrogens (tertiary/aromatic N) is 4. The SMILES string of the molecule is O=C(NCCCn1cccn1)C1=CN2CCS(=O)(=O)N=C2C=C1. The molecule has 0 spiro atoms. The molecular formula is C14H17N5O3S. The molecule has 1 aromatic heterocycles. The summed E-state index contributed by atoms with van der Waals surface area (Å²) < 4.78 is 28.4. The largest absolute Gasteiger partial charge is 0.352 e. The quantitative estimate of drug-likeness (QED) is 0.757. The van der Waals surface area contributed by atoms with Crippen LogP contribution in [0.15, 0.2) is 46.8 Å². The fourth-order valence-electron chi connectivity index (χ4n) is 2.31. The second kappa shape index (κ2) is 6.37. The Bertz CT molecular complexity index is 777. The highest BCUT2D eigenvalue weighted by atomic mass is 32.2. The number of amides is 1. The molecule has 0 fully saturated rings. The van der Waals surface area contributed by atoms with E-state index in [1.165, 1.54) is 0 Å². The number of amidine groups is 1. The first-order valence-electron chi connectivity index (χ1n) is 7.28. The van der Waals surface area contributed by atoms with Crippen LogP contribution in [0.4, 0.5) is 0 Å². The molecule has 0 bridgehead atoms. The summed E-state index contributed by atoms with van der Waals surface area (Å²) in [5.74, 6) is 0.125. The zero-order chi connectivity index (χ0) is 16.3. The average Bonchev–Trinajstić information content (AvgIpc) is 3.03. The number of rotatable bonds is 5. The molecule has 122 valence electrons. The van der Waals surface area contributed by atoms with Gasteiger partial charge >= 0.3 is 0 Å². The predicted octanol–water partition coefficient (Wildman–Crippen LogP) is -0.113. The van der Waals surface area contributed by atoms with Crippen molar-refractivity contribution < 1.29 is 13.2 Å². The van der Waals surface area contributed by atoms with Crippen molar-refractivity contribution in [2.45, 2.75) is 13.0 Å². The maximum Gasteiger partial charge on any atom is 0.256 e. The average molecular weight is 335 g/mol. The number of carbonyl (C=O) groups is 1. The molecule has 8 nitrogen and oxygen atoms in total. The third kappa shape index (κ3) is 3.86. The van der Waals surface area contributed by atoms with Gasteiger partial charge in [-0.15, -0.1) is 4.40 Å². The van der Waals surface area contributed by atoms with E-state index in [1.807, 2.05) is 16.9 Å². The lowest BCUT2D eigenvalue weighted by molar-refractivity contribution is -0.117. The summed E-state index contributed by atoms with van der Waals surface area (Å²) in [6.07, 6.45) is 9.14. The van der Waals surface area contributed by atoms with E-state index in [0.717, 1.165) is 13.0 Å². The monoisotopic (exact) mass is 335 g/mol. The van der Waals surface area contributed by atoms with Crippen molar-refractivity contribution in [1.29, 1.82) is 0 Å². The van der Waals surface area contributed by atoms with E-state index >= 15 is 0 Å². The topological polar surface area (TPSA) is 96.7 Å². The summed E-state index contributed by atoms with van der Waals surface area (Å²) in [6.45, 7) is 1.59. The van der Waals surface area contributed by atoms with Gasteiger partial charge < -0.3 is 10.2 Å². The molecule has 3 rings (SSSR count). The van der Waals surface area contributed by atoms with Gasteiger partial charge in [-0.2, -0.15) is 5.10 Å². The summed E-state index contributed by atoms with van der Waals surface area (Å²) in [5.41, 5.74) is 0.488. The third-order valence-corrected chi connectivity index (χ3v) is 4.66. The van der Waals surface area contributed by atoms with Gasteiger partial charge in [-0.25, -0.2) is 8.42 Å². The van der Waals surface area contributed by atoms with Gasteiger partial charge in [-0.1, -0.05) is 0 Å². The molecule has 0 atom stereocenters. The molecule has 0 saturated carbocycles. The van der Waals surface area contributed by atoms with Crippen LogP contribution >= 0.6 is 0 Å². The molecule has 2 aliphatic rings. The minimum Gasteiger partial charge on any atom is -0.352 e. The fourth-order valence-corrected chi connectivity index (χ4v) is 3.28. The Morgan fingerprint density at radius 3 is 3.00 bits per heavy atom. The van der Waals surface area contributed by atoms with Crippen molar-refractivity contribution in [2.75, 3.05) is 18.8 Å². The normalized spacial score (nSPS) is 18.9. The summed E-state index contributed by atoms with van der Waals surface area (Å²) in [7, 11) is -3.37. The minimum absolute atomic E-state index is 0.0421. The molecule has 3 heterocycles. The first-order chi connectivity index (χ1) is 11.0. The van der Waals surface area contributed by atoms with Crippen LogP contribution in [0.3, 0.4) is 0 Å². The first kappa shape index (κ1) is 15.5. The minimum atomic E-state index is -3.37. The van der Waals surface area contributed by atoms with Gasteiger partial charge in [0.15, 0.2) is 0 Å². The van der Waals surface area contributed by atoms with E-state index in [-0.39, 0.29) is 11.7 Å². The molecule has 1 N–H and O–H groups in total. The summed E-state index contributed by atoms with van der Waals surface area (Å²) in [5, 5.41) is 6.93. The van der Waals surface area contributed by atoms with E-state index < -0.39 is 10.0 Å². The van der Waals surface area contributed by atoms with Crippen molar-refractivity contribution in [3.63, 3.8) is 0 Å². The van der Waals surface area contributed by atoms with Gasteiger partial charge in [0.25, 0.3) is 15.9 Å². The summed E-state index contributed by atoms with van der Waals surface area (Å²) >= 11 is 0. The fraction of sp³-hybridized carbons (Fsp3) is 0.357. The van der Waals surface area contributed by atoms with Crippen molar-refractivity contribution in [3.8, 4) is 0 Å². The van der Waals surface area contributed by atoms with Crippen LogP contribution in [0.2, 0.25) is 0 Å². The Labute approximate surface area is 134 Å². The van der Waals surface area contributed by atoms with E-state index in [9.17, 15) is 13.2 Å². The number of sulfonamides is 1. The molecule has 0 saturated heterocycles. The number of carbonyl (C=O) groups excluding carboxylic acids is 1. The number of aryl methyl sites for hydroxylation is 1. The van der Waals surface area contributed by atoms with Gasteiger partial charge in [0.05, 0.1) is 11.3 Å². The molecule has 2 aliphatic heterocycles. The van der Waals surface area contributed by atoms with Crippen LogP contribution in [-0.2, 0) is 21.4 Å². The maximum absolute atomic E-state index is 12.1. The van der Waals surface area contributed by atoms with E-state index in [0.29, 0.717) is 24.5 Å². The summed E-state index contributed by atoms with van der Waals surface area (Å²) in [6, 6.07) is 1.86. The highest BCUT2D eigenvalue weighted by Crippen LogP contribution is 2.15. The smallest absolute Gasteiger partial charge is 0.256 e. The predicted molar refractivity (Wildman–Crippen MR) is 85.0 cm³/mol. The molecule has 23 heavy (non-hydrogen) atoms. The highest BCUT2D eigenvalue weighted by molar-refractivity contribution is 7.90. The van der Waals surface area contributed by atoms with Crippen LogP contribution in [0.1, 0.15) is 6.42 Å². The van der Waals surface area contributed by atoms with Crippen LogP contribution < -0.4 is 5.32 Å². The van der Waals surface area contributed by atoms with Crippen LogP contribution in [0.25, 0.3) is 0 Å². The van der Waals surface area contributed by atoms with E-state index in [1.54, 1.807) is 29.4 Å². The van der Waals surface area contributed by atoms with E-state index in [4.69, 9.17) is 0 Å². The first-order valence-corrected chi connectivity index (χ1v) is 8.89. The summed E-state index contributed by atoms with van der Waals surface area (Å²) in [4.78, 5) is 13.8. The standard InChI is InChI=1S/C14H17N5O3S/c20-14(15-5-1-7-19-8-2-6-16-19)12-3-4-13-17-23(21,22)10-9-18(13)11-12/h2-4,6,8,11H,1,5,7,9-10H2,(H,15,20). The zero-order valence-corrected chi connectivity index (χ0v) is 13.2.